The summed E-state index contributed by atoms with van der Waals surface area (Å²) in [7, 11) is 1.75. The molecular weight excluding hydrogens is 384 g/mol. The first-order valence-electron chi connectivity index (χ1n) is 10.3. The average Bonchev–Trinajstić information content (AvgIpc) is 3.13. The highest BCUT2D eigenvalue weighted by Gasteiger charge is 2.25. The molecule has 3 rings (SSSR count). The lowest BCUT2D eigenvalue weighted by atomic mass is 10.2. The van der Waals surface area contributed by atoms with Crippen LogP contribution in [0.25, 0.3) is 5.65 Å². The fourth-order valence-electron chi connectivity index (χ4n) is 3.21. The zero-order valence-electron chi connectivity index (χ0n) is 18.3. The van der Waals surface area contributed by atoms with Crippen molar-refractivity contribution < 1.29 is 9.53 Å². The Bertz CT molecular complexity index is 865. The second-order valence-corrected chi connectivity index (χ2v) is 8.21. The summed E-state index contributed by atoms with van der Waals surface area (Å²) in [5.41, 5.74) is 0.363. The van der Waals surface area contributed by atoms with Gasteiger partial charge < -0.3 is 20.3 Å². The maximum atomic E-state index is 12.2. The second kappa shape index (κ2) is 9.75. The van der Waals surface area contributed by atoms with Crippen molar-refractivity contribution in [1.82, 2.24) is 35.0 Å². The maximum absolute atomic E-state index is 12.2. The van der Waals surface area contributed by atoms with E-state index in [4.69, 9.17) is 4.74 Å². The summed E-state index contributed by atoms with van der Waals surface area (Å²) in [6.07, 6.45) is 1.71. The number of nitrogens with one attached hydrogen (secondary N) is 2. The number of ether oxygens (including phenoxy) is 1. The number of fused-ring (bicyclic) bond motifs is 1. The van der Waals surface area contributed by atoms with Gasteiger partial charge in [0.1, 0.15) is 5.60 Å². The van der Waals surface area contributed by atoms with Gasteiger partial charge in [0, 0.05) is 52.5 Å². The van der Waals surface area contributed by atoms with Crippen LogP contribution in [0.2, 0.25) is 0 Å². The molecule has 0 radical (unpaired) electrons. The van der Waals surface area contributed by atoms with Crippen molar-refractivity contribution in [3.63, 3.8) is 0 Å². The van der Waals surface area contributed by atoms with Crippen molar-refractivity contribution in [2.75, 3.05) is 46.3 Å². The van der Waals surface area contributed by atoms with E-state index in [2.05, 4.69) is 30.7 Å². The molecular formula is C20H32N8O2. The molecule has 0 bridgehead atoms. The minimum Gasteiger partial charge on any atom is -0.444 e. The Balaban J connectivity index is 1.37. The highest BCUT2D eigenvalue weighted by atomic mass is 16.6. The molecule has 164 valence electrons. The maximum Gasteiger partial charge on any atom is 0.410 e. The van der Waals surface area contributed by atoms with Gasteiger partial charge in [-0.25, -0.2) is 4.79 Å². The molecule has 0 spiro atoms. The topological polar surface area (TPSA) is 99.4 Å². The first-order chi connectivity index (χ1) is 14.4. The molecule has 2 N–H and O–H groups in total. The molecule has 0 aromatic carbocycles. The molecule has 0 saturated carbocycles. The molecule has 1 aliphatic rings. The Hall–Kier alpha value is -2.88. The standard InChI is InChI=1S/C20H32N8O2/c1-20(2,3)30-19(29)27-13-11-26(12-14-27)10-8-22-18(21-4)23-15-17-25-24-16-7-5-6-9-28(16)17/h5-7,9H,8,10-15H2,1-4H3,(H2,21,22,23). The van der Waals surface area contributed by atoms with E-state index in [1.165, 1.54) is 0 Å². The summed E-state index contributed by atoms with van der Waals surface area (Å²) < 4.78 is 7.39. The van der Waals surface area contributed by atoms with E-state index in [0.717, 1.165) is 43.6 Å². The van der Waals surface area contributed by atoms with Crippen molar-refractivity contribution in [2.45, 2.75) is 32.9 Å². The smallest absolute Gasteiger partial charge is 0.410 e. The van der Waals surface area contributed by atoms with Crippen LogP contribution in [0.4, 0.5) is 4.79 Å². The van der Waals surface area contributed by atoms with Gasteiger partial charge in [0.2, 0.25) is 0 Å². The monoisotopic (exact) mass is 416 g/mol. The Morgan fingerprint density at radius 3 is 2.63 bits per heavy atom. The Morgan fingerprint density at radius 2 is 1.93 bits per heavy atom. The van der Waals surface area contributed by atoms with Gasteiger partial charge in [-0.15, -0.1) is 10.2 Å². The largest absolute Gasteiger partial charge is 0.444 e. The zero-order chi connectivity index (χ0) is 21.6. The minimum absolute atomic E-state index is 0.231. The predicted octanol–water partition coefficient (Wildman–Crippen LogP) is 0.947. The predicted molar refractivity (Wildman–Crippen MR) is 115 cm³/mol. The van der Waals surface area contributed by atoms with Crippen LogP contribution in [0.5, 0.6) is 0 Å². The molecule has 3 heterocycles. The highest BCUT2D eigenvalue weighted by molar-refractivity contribution is 5.79. The van der Waals surface area contributed by atoms with Gasteiger partial charge in [0.05, 0.1) is 6.54 Å². The van der Waals surface area contributed by atoms with E-state index in [-0.39, 0.29) is 6.09 Å². The lowest BCUT2D eigenvalue weighted by Gasteiger charge is -2.35. The Kier molecular flexibility index (Phi) is 7.09. The lowest BCUT2D eigenvalue weighted by Crippen LogP contribution is -2.51. The molecule has 2 aromatic rings. The first-order valence-corrected chi connectivity index (χ1v) is 10.3. The van der Waals surface area contributed by atoms with Crippen LogP contribution in [0.15, 0.2) is 29.4 Å². The number of carbonyl (C=O) groups is 1. The molecule has 1 saturated heterocycles. The van der Waals surface area contributed by atoms with Crippen molar-refractivity contribution in [2.24, 2.45) is 4.99 Å². The number of carbonyl (C=O) groups excluding carboxylic acids is 1. The van der Waals surface area contributed by atoms with Gasteiger partial charge in [0.25, 0.3) is 0 Å². The van der Waals surface area contributed by atoms with Crippen LogP contribution in [0.3, 0.4) is 0 Å². The normalized spacial score (nSPS) is 16.0. The number of piperazine rings is 1. The van der Waals surface area contributed by atoms with Crippen molar-refractivity contribution >= 4 is 17.7 Å². The summed E-state index contributed by atoms with van der Waals surface area (Å²) in [6, 6.07) is 5.82. The van der Waals surface area contributed by atoms with Gasteiger partial charge in [-0.3, -0.25) is 14.3 Å². The Labute approximate surface area is 177 Å². The third kappa shape index (κ3) is 6.06. The van der Waals surface area contributed by atoms with Crippen LogP contribution < -0.4 is 10.6 Å². The third-order valence-corrected chi connectivity index (χ3v) is 4.77. The van der Waals surface area contributed by atoms with Gasteiger partial charge in [0.15, 0.2) is 17.4 Å². The summed E-state index contributed by atoms with van der Waals surface area (Å²) in [6.45, 7) is 10.8. The van der Waals surface area contributed by atoms with Crippen molar-refractivity contribution in [1.29, 1.82) is 0 Å². The van der Waals surface area contributed by atoms with Crippen molar-refractivity contribution in [3.8, 4) is 0 Å². The van der Waals surface area contributed by atoms with E-state index in [1.807, 2.05) is 49.6 Å². The zero-order valence-corrected chi connectivity index (χ0v) is 18.3. The van der Waals surface area contributed by atoms with Crippen LogP contribution in [-0.4, -0.2) is 88.4 Å². The second-order valence-electron chi connectivity index (χ2n) is 8.21. The fourth-order valence-corrected chi connectivity index (χ4v) is 3.21. The molecule has 0 unspecified atom stereocenters. The summed E-state index contributed by atoms with van der Waals surface area (Å²) in [4.78, 5) is 20.5. The molecule has 10 nitrogen and oxygen atoms in total. The lowest BCUT2D eigenvalue weighted by molar-refractivity contribution is 0.0147. The number of aliphatic imine (C=N–C) groups is 1. The van der Waals surface area contributed by atoms with Crippen LogP contribution in [0, 0.1) is 0 Å². The minimum atomic E-state index is -0.459. The van der Waals surface area contributed by atoms with E-state index >= 15 is 0 Å². The number of aromatic nitrogens is 3. The highest BCUT2D eigenvalue weighted by Crippen LogP contribution is 2.11. The summed E-state index contributed by atoms with van der Waals surface area (Å²) in [5.74, 6) is 1.54. The first kappa shape index (κ1) is 21.8. The van der Waals surface area contributed by atoms with E-state index < -0.39 is 5.60 Å². The quantitative estimate of drug-likeness (QED) is 0.553. The van der Waals surface area contributed by atoms with Gasteiger partial charge in [-0.05, 0) is 32.9 Å². The SMILES string of the molecule is CN=C(NCCN1CCN(C(=O)OC(C)(C)C)CC1)NCc1nnc2ccccn12. The number of hydrogen-bond donors (Lipinski definition) is 2. The van der Waals surface area contributed by atoms with Gasteiger partial charge >= 0.3 is 6.09 Å². The number of amides is 1. The average molecular weight is 417 g/mol. The van der Waals surface area contributed by atoms with Gasteiger partial charge in [-0.2, -0.15) is 0 Å². The molecule has 1 fully saturated rings. The molecule has 0 atom stereocenters. The van der Waals surface area contributed by atoms with Crippen LogP contribution in [0.1, 0.15) is 26.6 Å². The Morgan fingerprint density at radius 1 is 1.17 bits per heavy atom. The molecule has 1 aliphatic heterocycles. The summed E-state index contributed by atoms with van der Waals surface area (Å²) >= 11 is 0. The van der Waals surface area contributed by atoms with E-state index in [0.29, 0.717) is 19.6 Å². The molecule has 1 amide bonds. The molecule has 0 aliphatic carbocycles. The van der Waals surface area contributed by atoms with E-state index in [1.54, 1.807) is 11.9 Å². The molecule has 2 aromatic heterocycles. The number of nitrogens with zero attached hydrogens (tertiary/aromatic N) is 6. The van der Waals surface area contributed by atoms with Crippen molar-refractivity contribution in [3.05, 3.63) is 30.2 Å². The van der Waals surface area contributed by atoms with Crippen LogP contribution in [-0.2, 0) is 11.3 Å². The molecule has 10 heteroatoms. The summed E-state index contributed by atoms with van der Waals surface area (Å²) in [5, 5.41) is 15.0. The van der Waals surface area contributed by atoms with E-state index in [9.17, 15) is 4.79 Å². The van der Waals surface area contributed by atoms with Gasteiger partial charge in [-0.1, -0.05) is 6.07 Å². The number of pyridine rings is 1. The number of hydrogen-bond acceptors (Lipinski definition) is 6. The number of rotatable bonds is 5. The fraction of sp³-hybridized carbons (Fsp3) is 0.600. The third-order valence-electron chi connectivity index (χ3n) is 4.77. The van der Waals surface area contributed by atoms with Crippen LogP contribution >= 0.6 is 0 Å². The molecule has 30 heavy (non-hydrogen) atoms. The number of guanidine groups is 1.